The van der Waals surface area contributed by atoms with Crippen molar-refractivity contribution in [2.75, 3.05) is 12.8 Å². The van der Waals surface area contributed by atoms with Crippen molar-refractivity contribution < 1.29 is 9.59 Å². The summed E-state index contributed by atoms with van der Waals surface area (Å²) in [6.45, 7) is 1.78. The first kappa shape index (κ1) is 9.73. The molecule has 1 heterocycles. The van der Waals surface area contributed by atoms with Crippen LogP contribution in [0.5, 0.6) is 0 Å². The zero-order valence-corrected chi connectivity index (χ0v) is 8.47. The molecule has 12 heavy (non-hydrogen) atoms. The van der Waals surface area contributed by atoms with Crippen LogP contribution in [0.4, 0.5) is 0 Å². The number of hydrogen-bond acceptors (Lipinski definition) is 4. The number of hydrogen-bond donors (Lipinski definition) is 2. The van der Waals surface area contributed by atoms with Crippen LogP contribution >= 0.6 is 21.6 Å². The van der Waals surface area contributed by atoms with E-state index in [9.17, 15) is 9.59 Å². The Morgan fingerprint density at radius 2 is 2.17 bits per heavy atom. The molecule has 1 fully saturated rings. The van der Waals surface area contributed by atoms with Gasteiger partial charge in [0.15, 0.2) is 4.87 Å². The van der Waals surface area contributed by atoms with Crippen molar-refractivity contribution >= 4 is 33.4 Å². The molecule has 1 rings (SSSR count). The van der Waals surface area contributed by atoms with Gasteiger partial charge < -0.3 is 10.6 Å². The predicted molar refractivity (Wildman–Crippen MR) is 50.7 cm³/mol. The lowest BCUT2D eigenvalue weighted by Crippen LogP contribution is -2.61. The van der Waals surface area contributed by atoms with Gasteiger partial charge in [-0.3, -0.25) is 9.59 Å². The monoisotopic (exact) mass is 206 g/mol. The average Bonchev–Trinajstić information content (AvgIpc) is 1.98. The van der Waals surface area contributed by atoms with Gasteiger partial charge in [0.05, 0.1) is 6.54 Å². The molecule has 2 amide bonds. The fraction of sp³-hybridized carbons (Fsp3) is 0.667. The Labute approximate surface area is 78.6 Å². The number of rotatable bonds is 2. The quantitative estimate of drug-likeness (QED) is 0.622. The molecule has 1 aliphatic rings. The Bertz CT molecular complexity index is 222. The van der Waals surface area contributed by atoms with Gasteiger partial charge in [-0.05, 0) is 13.2 Å². The van der Waals surface area contributed by atoms with E-state index in [4.69, 9.17) is 0 Å². The standard InChI is InChI=1S/C6H10N2O2S2/c1-6(12-11-2)5(10)7-3-4(9)8-6/h3H2,1-2H3,(H,7,10)(H,8,9). The van der Waals surface area contributed by atoms with Crippen LogP contribution in [0.25, 0.3) is 0 Å². The summed E-state index contributed by atoms with van der Waals surface area (Å²) in [5.74, 6) is -0.278. The van der Waals surface area contributed by atoms with E-state index in [1.165, 1.54) is 21.6 Å². The molecule has 0 aromatic heterocycles. The number of carbonyl (C=O) groups excluding carboxylic acids is 2. The average molecular weight is 206 g/mol. The van der Waals surface area contributed by atoms with Gasteiger partial charge in [0, 0.05) is 0 Å². The first-order chi connectivity index (χ1) is 5.58. The van der Waals surface area contributed by atoms with E-state index in [0.717, 1.165) is 0 Å². The zero-order chi connectivity index (χ0) is 9.19. The van der Waals surface area contributed by atoms with Crippen LogP contribution in [0.15, 0.2) is 0 Å². The molecule has 1 aliphatic heterocycles. The molecule has 4 nitrogen and oxygen atoms in total. The second kappa shape index (κ2) is 3.57. The molecule has 2 N–H and O–H groups in total. The minimum Gasteiger partial charge on any atom is -0.344 e. The van der Waals surface area contributed by atoms with Crippen LogP contribution in [0.2, 0.25) is 0 Å². The van der Waals surface area contributed by atoms with Crippen molar-refractivity contribution in [3.05, 3.63) is 0 Å². The largest absolute Gasteiger partial charge is 0.344 e. The van der Waals surface area contributed by atoms with E-state index < -0.39 is 4.87 Å². The molecular weight excluding hydrogens is 196 g/mol. The SMILES string of the molecule is CSSC1(C)NC(=O)CNC1=O. The number of piperazine rings is 1. The molecule has 6 heteroatoms. The highest BCUT2D eigenvalue weighted by atomic mass is 33.1. The van der Waals surface area contributed by atoms with Gasteiger partial charge in [0.2, 0.25) is 5.91 Å². The summed E-state index contributed by atoms with van der Waals surface area (Å²) in [6.07, 6.45) is 1.87. The maximum absolute atomic E-state index is 11.3. The predicted octanol–water partition coefficient (Wildman–Crippen LogP) is -0.0402. The van der Waals surface area contributed by atoms with Crippen molar-refractivity contribution in [2.24, 2.45) is 0 Å². The highest BCUT2D eigenvalue weighted by Crippen LogP contribution is 2.32. The van der Waals surface area contributed by atoms with E-state index in [0.29, 0.717) is 0 Å². The Hall–Kier alpha value is -0.360. The maximum atomic E-state index is 11.3. The third-order valence-electron chi connectivity index (χ3n) is 1.47. The fourth-order valence-corrected chi connectivity index (χ4v) is 2.91. The lowest BCUT2D eigenvalue weighted by Gasteiger charge is -2.31. The topological polar surface area (TPSA) is 58.2 Å². The van der Waals surface area contributed by atoms with Crippen molar-refractivity contribution in [2.45, 2.75) is 11.8 Å². The first-order valence-corrected chi connectivity index (χ1v) is 5.95. The molecular formula is C6H10N2O2S2. The molecule has 0 aliphatic carbocycles. The van der Waals surface area contributed by atoms with Gasteiger partial charge in [0.25, 0.3) is 5.91 Å². The number of nitrogens with one attached hydrogen (secondary N) is 2. The molecule has 1 saturated heterocycles. The van der Waals surface area contributed by atoms with E-state index in [-0.39, 0.29) is 18.4 Å². The van der Waals surface area contributed by atoms with Crippen LogP contribution in [-0.4, -0.2) is 29.5 Å². The zero-order valence-electron chi connectivity index (χ0n) is 6.84. The second-order valence-corrected chi connectivity index (χ2v) is 5.33. The van der Waals surface area contributed by atoms with Gasteiger partial charge in [0.1, 0.15) is 0 Å². The van der Waals surface area contributed by atoms with Crippen molar-refractivity contribution in [1.29, 1.82) is 0 Å². The normalized spacial score (nSPS) is 29.5. The molecule has 0 aromatic rings. The van der Waals surface area contributed by atoms with Crippen LogP contribution in [0, 0.1) is 0 Å². The van der Waals surface area contributed by atoms with Crippen LogP contribution in [-0.2, 0) is 9.59 Å². The Morgan fingerprint density at radius 3 is 2.75 bits per heavy atom. The summed E-state index contributed by atoms with van der Waals surface area (Å²) in [6, 6.07) is 0. The van der Waals surface area contributed by atoms with E-state index in [1.54, 1.807) is 6.92 Å². The van der Waals surface area contributed by atoms with Gasteiger partial charge in [-0.15, -0.1) is 0 Å². The third kappa shape index (κ3) is 1.87. The first-order valence-electron chi connectivity index (χ1n) is 3.39. The maximum Gasteiger partial charge on any atom is 0.257 e. The summed E-state index contributed by atoms with van der Waals surface area (Å²) < 4.78 is 0. The van der Waals surface area contributed by atoms with Crippen molar-refractivity contribution in [1.82, 2.24) is 10.6 Å². The molecule has 0 saturated carbocycles. The van der Waals surface area contributed by atoms with Gasteiger partial charge in [-0.1, -0.05) is 21.6 Å². The molecule has 68 valence electrons. The van der Waals surface area contributed by atoms with E-state index in [1.807, 2.05) is 6.26 Å². The van der Waals surface area contributed by atoms with E-state index >= 15 is 0 Å². The Morgan fingerprint density at radius 1 is 1.50 bits per heavy atom. The molecule has 0 radical (unpaired) electrons. The summed E-state index contributed by atoms with van der Waals surface area (Å²) in [4.78, 5) is 21.4. The third-order valence-corrected chi connectivity index (χ3v) is 3.76. The lowest BCUT2D eigenvalue weighted by atomic mass is 10.2. The summed E-state index contributed by atoms with van der Waals surface area (Å²) in [5.41, 5.74) is 0. The lowest BCUT2D eigenvalue weighted by molar-refractivity contribution is -0.134. The molecule has 0 aromatic carbocycles. The Kier molecular flexibility index (Phi) is 2.89. The fourth-order valence-electron chi connectivity index (χ4n) is 0.922. The molecule has 1 unspecified atom stereocenters. The molecule has 0 spiro atoms. The minimum absolute atomic E-state index is 0.0867. The summed E-state index contributed by atoms with van der Waals surface area (Å²) in [5, 5.41) is 5.16. The Balaban J connectivity index is 2.70. The molecule has 0 bridgehead atoms. The number of carbonyl (C=O) groups is 2. The van der Waals surface area contributed by atoms with Gasteiger partial charge in [-0.2, -0.15) is 0 Å². The second-order valence-electron chi connectivity index (χ2n) is 2.51. The van der Waals surface area contributed by atoms with Crippen LogP contribution in [0.1, 0.15) is 6.92 Å². The van der Waals surface area contributed by atoms with Crippen LogP contribution < -0.4 is 10.6 Å². The van der Waals surface area contributed by atoms with Crippen molar-refractivity contribution in [3.63, 3.8) is 0 Å². The molecule has 1 atom stereocenters. The minimum atomic E-state index is -0.811. The van der Waals surface area contributed by atoms with Gasteiger partial charge >= 0.3 is 0 Å². The smallest absolute Gasteiger partial charge is 0.257 e. The van der Waals surface area contributed by atoms with Crippen LogP contribution in [0.3, 0.4) is 0 Å². The highest BCUT2D eigenvalue weighted by molar-refractivity contribution is 8.77. The summed E-state index contributed by atoms with van der Waals surface area (Å²) in [7, 11) is 2.79. The van der Waals surface area contributed by atoms with Gasteiger partial charge in [-0.25, -0.2) is 0 Å². The van der Waals surface area contributed by atoms with E-state index in [2.05, 4.69) is 10.6 Å². The van der Waals surface area contributed by atoms with Crippen molar-refractivity contribution in [3.8, 4) is 0 Å². The summed E-state index contributed by atoms with van der Waals surface area (Å²) >= 11 is 0. The highest BCUT2D eigenvalue weighted by Gasteiger charge is 2.38. The number of amides is 2.